The molecule has 1 aromatic heterocycles. The molecule has 0 spiro atoms. The van der Waals surface area contributed by atoms with Crippen molar-refractivity contribution in [3.63, 3.8) is 0 Å². The Morgan fingerprint density at radius 2 is 1.90 bits per heavy atom. The van der Waals surface area contributed by atoms with Crippen LogP contribution in [0.3, 0.4) is 0 Å². The van der Waals surface area contributed by atoms with Crippen LogP contribution >= 0.6 is 15.9 Å². The smallest absolute Gasteiger partial charge is 0.145 e. The van der Waals surface area contributed by atoms with Crippen LogP contribution in [-0.4, -0.2) is 12.1 Å². The van der Waals surface area contributed by atoms with Crippen LogP contribution in [0.5, 0.6) is 5.75 Å². The number of nitrogens with zero attached hydrogens (tertiary/aromatic N) is 1. The van der Waals surface area contributed by atoms with E-state index in [-0.39, 0.29) is 0 Å². The first kappa shape index (κ1) is 13.9. The third-order valence-corrected chi connectivity index (χ3v) is 4.04. The molecule has 1 N–H and O–H groups in total. The molecule has 106 valence electrons. The number of halogens is 1. The summed E-state index contributed by atoms with van der Waals surface area (Å²) >= 11 is 3.58. The van der Waals surface area contributed by atoms with Crippen molar-refractivity contribution in [1.82, 2.24) is 4.98 Å². The fraction of sp³-hybridized carbons (Fsp3) is 0.118. The molecule has 3 nitrogen and oxygen atoms in total. The van der Waals surface area contributed by atoms with E-state index in [4.69, 9.17) is 4.74 Å². The molecule has 0 saturated heterocycles. The first-order valence-electron chi connectivity index (χ1n) is 6.64. The molecule has 3 aromatic rings. The summed E-state index contributed by atoms with van der Waals surface area (Å²) < 4.78 is 6.31. The zero-order valence-corrected chi connectivity index (χ0v) is 13.4. The van der Waals surface area contributed by atoms with Gasteiger partial charge in [0.1, 0.15) is 11.3 Å². The molecule has 0 saturated carbocycles. The van der Waals surface area contributed by atoms with E-state index in [0.29, 0.717) is 0 Å². The lowest BCUT2D eigenvalue weighted by Gasteiger charge is -2.14. The highest BCUT2D eigenvalue weighted by Gasteiger charge is 2.11. The monoisotopic (exact) mass is 342 g/mol. The number of aromatic nitrogens is 1. The van der Waals surface area contributed by atoms with E-state index in [2.05, 4.69) is 45.3 Å². The van der Waals surface area contributed by atoms with E-state index in [9.17, 15) is 0 Å². The maximum absolute atomic E-state index is 5.39. The molecular weight excluding hydrogens is 328 g/mol. The fourth-order valence-corrected chi connectivity index (χ4v) is 2.73. The van der Waals surface area contributed by atoms with Crippen molar-refractivity contribution in [1.29, 1.82) is 0 Å². The molecule has 0 aliphatic carbocycles. The minimum absolute atomic E-state index is 0.771. The molecule has 0 aliphatic heterocycles. The minimum atomic E-state index is 0.771. The Labute approximate surface area is 132 Å². The molecule has 0 atom stereocenters. The van der Waals surface area contributed by atoms with Gasteiger partial charge in [-0.05, 0) is 40.5 Å². The molecule has 0 unspecified atom stereocenters. The van der Waals surface area contributed by atoms with Crippen LogP contribution in [0.25, 0.3) is 10.9 Å². The van der Waals surface area contributed by atoms with Gasteiger partial charge in [-0.2, -0.15) is 0 Å². The average Bonchev–Trinajstić information content (AvgIpc) is 2.51. The van der Waals surface area contributed by atoms with E-state index < -0.39 is 0 Å². The number of benzene rings is 2. The standard InChI is InChI=1S/C17H15BrN2O/c1-11-6-3-4-8-14(11)20-16-12-7-5-9-15(21-2)17(12)19-10-13(16)18/h3-10H,1-2H3,(H,19,20). The zero-order valence-electron chi connectivity index (χ0n) is 11.9. The van der Waals surface area contributed by atoms with Crippen LogP contribution in [0, 0.1) is 6.92 Å². The van der Waals surface area contributed by atoms with Crippen molar-refractivity contribution in [2.45, 2.75) is 6.92 Å². The zero-order chi connectivity index (χ0) is 14.8. The third kappa shape index (κ3) is 2.59. The molecular formula is C17H15BrN2O. The third-order valence-electron chi connectivity index (χ3n) is 3.44. The van der Waals surface area contributed by atoms with Gasteiger partial charge < -0.3 is 10.1 Å². The topological polar surface area (TPSA) is 34.1 Å². The van der Waals surface area contributed by atoms with Gasteiger partial charge in [0.05, 0.1) is 17.3 Å². The SMILES string of the molecule is COc1cccc2c(Nc3ccccc3C)c(Br)cnc12. The number of aryl methyl sites for hydroxylation is 1. The predicted octanol–water partition coefficient (Wildman–Crippen LogP) is 5.06. The van der Waals surface area contributed by atoms with Crippen LogP contribution in [0.4, 0.5) is 11.4 Å². The number of ether oxygens (including phenoxy) is 1. The first-order valence-corrected chi connectivity index (χ1v) is 7.44. The number of para-hydroxylation sites is 2. The number of pyridine rings is 1. The summed E-state index contributed by atoms with van der Waals surface area (Å²) in [4.78, 5) is 4.46. The van der Waals surface area contributed by atoms with Crippen molar-refractivity contribution in [3.8, 4) is 5.75 Å². The van der Waals surface area contributed by atoms with Crippen LogP contribution < -0.4 is 10.1 Å². The highest BCUT2D eigenvalue weighted by molar-refractivity contribution is 9.10. The van der Waals surface area contributed by atoms with Crippen molar-refractivity contribution in [3.05, 3.63) is 58.7 Å². The van der Waals surface area contributed by atoms with Crippen molar-refractivity contribution in [2.75, 3.05) is 12.4 Å². The Bertz CT molecular complexity index is 802. The van der Waals surface area contributed by atoms with Gasteiger partial charge in [0.15, 0.2) is 0 Å². The molecule has 0 aliphatic rings. The van der Waals surface area contributed by atoms with Crippen LogP contribution in [0.2, 0.25) is 0 Å². The van der Waals surface area contributed by atoms with E-state index in [0.717, 1.165) is 32.5 Å². The second kappa shape index (κ2) is 5.74. The van der Waals surface area contributed by atoms with Crippen molar-refractivity contribution >= 4 is 38.2 Å². The molecule has 21 heavy (non-hydrogen) atoms. The lowest BCUT2D eigenvalue weighted by atomic mass is 10.1. The maximum atomic E-state index is 5.39. The summed E-state index contributed by atoms with van der Waals surface area (Å²) in [7, 11) is 1.66. The molecule has 1 heterocycles. The average molecular weight is 343 g/mol. The molecule has 0 bridgehead atoms. The summed E-state index contributed by atoms with van der Waals surface area (Å²) in [6.07, 6.45) is 1.80. The fourth-order valence-electron chi connectivity index (χ4n) is 2.31. The van der Waals surface area contributed by atoms with E-state index >= 15 is 0 Å². The molecule has 0 fully saturated rings. The van der Waals surface area contributed by atoms with Gasteiger partial charge in [-0.15, -0.1) is 0 Å². The maximum Gasteiger partial charge on any atom is 0.145 e. The number of hydrogen-bond donors (Lipinski definition) is 1. The van der Waals surface area contributed by atoms with Gasteiger partial charge in [-0.3, -0.25) is 4.98 Å². The van der Waals surface area contributed by atoms with Gasteiger partial charge >= 0.3 is 0 Å². The number of nitrogens with one attached hydrogen (secondary N) is 1. The Morgan fingerprint density at radius 3 is 2.67 bits per heavy atom. The quantitative estimate of drug-likeness (QED) is 0.722. The normalized spacial score (nSPS) is 10.6. The van der Waals surface area contributed by atoms with E-state index in [1.165, 1.54) is 5.56 Å². The molecule has 3 rings (SSSR count). The number of hydrogen-bond acceptors (Lipinski definition) is 3. The highest BCUT2D eigenvalue weighted by Crippen LogP contribution is 2.36. The van der Waals surface area contributed by atoms with Crippen LogP contribution in [0.1, 0.15) is 5.56 Å². The largest absolute Gasteiger partial charge is 0.494 e. The first-order chi connectivity index (χ1) is 10.2. The van der Waals surface area contributed by atoms with Crippen molar-refractivity contribution in [2.24, 2.45) is 0 Å². The van der Waals surface area contributed by atoms with Crippen LogP contribution in [0.15, 0.2) is 53.1 Å². The lowest BCUT2D eigenvalue weighted by molar-refractivity contribution is 0.419. The van der Waals surface area contributed by atoms with E-state index in [1.54, 1.807) is 13.3 Å². The number of methoxy groups -OCH3 is 1. The number of anilines is 2. The van der Waals surface area contributed by atoms with E-state index in [1.807, 2.05) is 30.3 Å². The second-order valence-electron chi connectivity index (χ2n) is 4.78. The highest BCUT2D eigenvalue weighted by atomic mass is 79.9. The summed E-state index contributed by atoms with van der Waals surface area (Å²) in [5.41, 5.74) is 4.11. The number of rotatable bonds is 3. The Balaban J connectivity index is 2.18. The summed E-state index contributed by atoms with van der Waals surface area (Å²) in [5, 5.41) is 4.51. The van der Waals surface area contributed by atoms with Crippen molar-refractivity contribution < 1.29 is 4.74 Å². The second-order valence-corrected chi connectivity index (χ2v) is 5.63. The molecule has 0 amide bonds. The van der Waals surface area contributed by atoms with Gasteiger partial charge in [0, 0.05) is 17.3 Å². The van der Waals surface area contributed by atoms with Crippen LogP contribution in [-0.2, 0) is 0 Å². The Kier molecular flexibility index (Phi) is 3.80. The van der Waals surface area contributed by atoms with Gasteiger partial charge in [0.2, 0.25) is 0 Å². The summed E-state index contributed by atoms with van der Waals surface area (Å²) in [6, 6.07) is 14.1. The predicted molar refractivity (Wildman–Crippen MR) is 90.5 cm³/mol. The summed E-state index contributed by atoms with van der Waals surface area (Å²) in [6.45, 7) is 2.08. The lowest BCUT2D eigenvalue weighted by Crippen LogP contribution is -1.97. The van der Waals surface area contributed by atoms with Gasteiger partial charge in [0.25, 0.3) is 0 Å². The minimum Gasteiger partial charge on any atom is -0.494 e. The summed E-state index contributed by atoms with van der Waals surface area (Å²) in [5.74, 6) is 0.771. The Morgan fingerprint density at radius 1 is 1.10 bits per heavy atom. The number of fused-ring (bicyclic) bond motifs is 1. The van der Waals surface area contributed by atoms with Gasteiger partial charge in [-0.25, -0.2) is 0 Å². The molecule has 0 radical (unpaired) electrons. The molecule has 4 heteroatoms. The Hall–Kier alpha value is -2.07. The van der Waals surface area contributed by atoms with Gasteiger partial charge in [-0.1, -0.05) is 30.3 Å². The molecule has 2 aromatic carbocycles.